The number of hydrogen-bond donors (Lipinski definition) is 0. The van der Waals surface area contributed by atoms with Gasteiger partial charge in [-0.2, -0.15) is 0 Å². The van der Waals surface area contributed by atoms with Crippen molar-refractivity contribution in [1.82, 2.24) is 4.98 Å². The van der Waals surface area contributed by atoms with Gasteiger partial charge in [0.25, 0.3) is 0 Å². The lowest BCUT2D eigenvalue weighted by atomic mass is 10.1. The van der Waals surface area contributed by atoms with Gasteiger partial charge in [0.2, 0.25) is 0 Å². The molecule has 0 fully saturated rings. The molecule has 1 heterocycles. The zero-order valence-electron chi connectivity index (χ0n) is 14.2. The third-order valence-electron chi connectivity index (χ3n) is 3.77. The second kappa shape index (κ2) is 8.12. The Balaban J connectivity index is 2.00. The fourth-order valence-electron chi connectivity index (χ4n) is 2.41. The molecule has 0 amide bonds. The van der Waals surface area contributed by atoms with E-state index in [4.69, 9.17) is 4.74 Å². The summed E-state index contributed by atoms with van der Waals surface area (Å²) in [5, 5.41) is 0.898. The Morgan fingerprint density at radius 1 is 1.04 bits per heavy atom. The summed E-state index contributed by atoms with van der Waals surface area (Å²) in [5.74, 6) is 5.73. The summed E-state index contributed by atoms with van der Waals surface area (Å²) in [6.07, 6.45) is 1.82. The Labute approximate surface area is 147 Å². The predicted octanol–water partition coefficient (Wildman–Crippen LogP) is 4.59. The van der Waals surface area contributed by atoms with Crippen molar-refractivity contribution < 1.29 is 9.53 Å². The fourth-order valence-corrected chi connectivity index (χ4v) is 2.41. The van der Waals surface area contributed by atoms with Crippen molar-refractivity contribution in [3.63, 3.8) is 0 Å². The number of hydrogen-bond acceptors (Lipinski definition) is 3. The third kappa shape index (κ3) is 4.24. The van der Waals surface area contributed by atoms with Crippen molar-refractivity contribution >= 4 is 16.9 Å². The monoisotopic (exact) mass is 329 g/mol. The van der Waals surface area contributed by atoms with Gasteiger partial charge >= 0.3 is 5.97 Å². The molecule has 0 unspecified atom stereocenters. The van der Waals surface area contributed by atoms with Gasteiger partial charge in [-0.3, -0.25) is 0 Å². The number of carbonyl (C=O) groups is 1. The molecule has 0 saturated heterocycles. The molecular formula is C22H19NO2. The number of rotatable bonds is 4. The van der Waals surface area contributed by atoms with E-state index in [0.29, 0.717) is 17.9 Å². The first kappa shape index (κ1) is 16.7. The summed E-state index contributed by atoms with van der Waals surface area (Å²) in [7, 11) is 0. The Kier molecular flexibility index (Phi) is 5.43. The van der Waals surface area contributed by atoms with Crippen molar-refractivity contribution in [2.75, 3.05) is 6.61 Å². The van der Waals surface area contributed by atoms with E-state index in [2.05, 4.69) is 23.7 Å². The van der Waals surface area contributed by atoms with Gasteiger partial charge in [-0.1, -0.05) is 55.7 Å². The zero-order valence-corrected chi connectivity index (χ0v) is 14.2. The zero-order chi connectivity index (χ0) is 17.5. The summed E-state index contributed by atoms with van der Waals surface area (Å²) in [6.45, 7) is 2.47. The fraction of sp³-hybridized carbons (Fsp3) is 0.182. The molecule has 25 heavy (non-hydrogen) atoms. The topological polar surface area (TPSA) is 39.2 Å². The van der Waals surface area contributed by atoms with E-state index < -0.39 is 0 Å². The minimum absolute atomic E-state index is 0.371. The maximum absolute atomic E-state index is 12.5. The molecule has 0 atom stereocenters. The van der Waals surface area contributed by atoms with E-state index in [1.54, 1.807) is 0 Å². The second-order valence-electron chi connectivity index (χ2n) is 5.68. The summed E-state index contributed by atoms with van der Waals surface area (Å²) < 4.78 is 5.36. The average Bonchev–Trinajstić information content (AvgIpc) is 2.66. The van der Waals surface area contributed by atoms with Crippen molar-refractivity contribution in [3.05, 3.63) is 77.5 Å². The summed E-state index contributed by atoms with van der Waals surface area (Å²) in [6, 6.07) is 19.1. The first-order valence-corrected chi connectivity index (χ1v) is 8.42. The van der Waals surface area contributed by atoms with Crippen LogP contribution in [-0.4, -0.2) is 17.6 Å². The number of carbonyl (C=O) groups excluding carboxylic acids is 1. The Morgan fingerprint density at radius 3 is 2.60 bits per heavy atom. The number of unbranched alkanes of at least 4 members (excludes halogenated alkanes) is 1. The molecule has 3 rings (SSSR count). The lowest BCUT2D eigenvalue weighted by Gasteiger charge is -2.07. The largest absolute Gasteiger partial charge is 0.462 e. The summed E-state index contributed by atoms with van der Waals surface area (Å²) in [4.78, 5) is 17.0. The molecule has 1 aromatic heterocycles. The molecule has 0 spiro atoms. The molecule has 0 aliphatic rings. The number of para-hydroxylation sites is 1. The molecule has 0 bridgehead atoms. The van der Waals surface area contributed by atoms with E-state index in [0.717, 1.165) is 29.3 Å². The predicted molar refractivity (Wildman–Crippen MR) is 99.4 cm³/mol. The van der Waals surface area contributed by atoms with E-state index in [9.17, 15) is 4.79 Å². The number of pyridine rings is 1. The van der Waals surface area contributed by atoms with Crippen LogP contribution in [0.25, 0.3) is 10.9 Å². The molecule has 3 aromatic rings. The molecule has 0 N–H and O–H groups in total. The summed E-state index contributed by atoms with van der Waals surface area (Å²) in [5.41, 5.74) is 2.55. The Bertz CT molecular complexity index is 936. The van der Waals surface area contributed by atoms with Crippen molar-refractivity contribution in [2.45, 2.75) is 19.8 Å². The molecule has 0 aliphatic carbocycles. The first-order chi connectivity index (χ1) is 12.3. The van der Waals surface area contributed by atoms with Crippen LogP contribution in [-0.2, 0) is 4.74 Å². The average molecular weight is 329 g/mol. The highest BCUT2D eigenvalue weighted by Crippen LogP contribution is 2.17. The minimum Gasteiger partial charge on any atom is -0.462 e. The maximum atomic E-state index is 12.5. The second-order valence-corrected chi connectivity index (χ2v) is 5.68. The highest BCUT2D eigenvalue weighted by Gasteiger charge is 2.14. The van der Waals surface area contributed by atoms with Crippen molar-refractivity contribution in [2.24, 2.45) is 0 Å². The van der Waals surface area contributed by atoms with Crippen LogP contribution in [0.5, 0.6) is 0 Å². The van der Waals surface area contributed by atoms with Gasteiger partial charge in [-0.15, -0.1) is 0 Å². The highest BCUT2D eigenvalue weighted by molar-refractivity contribution is 5.96. The first-order valence-electron chi connectivity index (χ1n) is 8.42. The van der Waals surface area contributed by atoms with Crippen LogP contribution in [0.2, 0.25) is 0 Å². The van der Waals surface area contributed by atoms with Crippen LogP contribution in [0, 0.1) is 11.8 Å². The lowest BCUT2D eigenvalue weighted by molar-refractivity contribution is 0.0499. The third-order valence-corrected chi connectivity index (χ3v) is 3.77. The number of fused-ring (bicyclic) bond motifs is 1. The maximum Gasteiger partial charge on any atom is 0.341 e. The molecule has 2 aromatic carbocycles. The summed E-state index contributed by atoms with van der Waals surface area (Å²) >= 11 is 0. The van der Waals surface area contributed by atoms with E-state index in [1.807, 2.05) is 60.7 Å². The molecule has 0 saturated carbocycles. The highest BCUT2D eigenvalue weighted by atomic mass is 16.5. The van der Waals surface area contributed by atoms with Gasteiger partial charge in [-0.25, -0.2) is 9.78 Å². The number of benzene rings is 2. The molecule has 124 valence electrons. The standard InChI is InChI=1S/C22H19NO2/c1-2-3-15-25-22(24)19-16-18-11-7-8-12-20(18)23-21(19)14-13-17-9-5-4-6-10-17/h4-12,16H,2-3,15H2,1H3. The van der Waals surface area contributed by atoms with Gasteiger partial charge in [0.1, 0.15) is 5.69 Å². The van der Waals surface area contributed by atoms with Crippen LogP contribution in [0.4, 0.5) is 0 Å². The molecule has 0 aliphatic heterocycles. The van der Waals surface area contributed by atoms with Gasteiger partial charge in [0, 0.05) is 10.9 Å². The number of ether oxygens (including phenoxy) is 1. The van der Waals surface area contributed by atoms with E-state index in [1.165, 1.54) is 0 Å². The van der Waals surface area contributed by atoms with Gasteiger partial charge < -0.3 is 4.74 Å². The molecule has 3 nitrogen and oxygen atoms in total. The van der Waals surface area contributed by atoms with Gasteiger partial charge in [-0.05, 0) is 36.6 Å². The Morgan fingerprint density at radius 2 is 1.80 bits per heavy atom. The van der Waals surface area contributed by atoms with Crippen LogP contribution in [0.1, 0.15) is 41.4 Å². The number of aromatic nitrogens is 1. The molecule has 3 heteroatoms. The minimum atomic E-state index is -0.371. The normalized spacial score (nSPS) is 10.1. The van der Waals surface area contributed by atoms with Gasteiger partial charge in [0.05, 0.1) is 17.7 Å². The van der Waals surface area contributed by atoms with Gasteiger partial charge in [0.15, 0.2) is 0 Å². The Hall–Kier alpha value is -3.12. The number of nitrogens with zero attached hydrogens (tertiary/aromatic N) is 1. The smallest absolute Gasteiger partial charge is 0.341 e. The molecular weight excluding hydrogens is 310 g/mol. The van der Waals surface area contributed by atoms with Crippen molar-refractivity contribution in [1.29, 1.82) is 0 Å². The SMILES string of the molecule is CCCCOC(=O)c1cc2ccccc2nc1C#Cc1ccccc1. The van der Waals surface area contributed by atoms with Crippen LogP contribution < -0.4 is 0 Å². The van der Waals surface area contributed by atoms with Crippen LogP contribution in [0.3, 0.4) is 0 Å². The van der Waals surface area contributed by atoms with Crippen molar-refractivity contribution in [3.8, 4) is 11.8 Å². The van der Waals surface area contributed by atoms with Crippen LogP contribution in [0.15, 0.2) is 60.7 Å². The lowest BCUT2D eigenvalue weighted by Crippen LogP contribution is -2.09. The number of esters is 1. The van der Waals surface area contributed by atoms with E-state index in [-0.39, 0.29) is 5.97 Å². The van der Waals surface area contributed by atoms with E-state index >= 15 is 0 Å². The van der Waals surface area contributed by atoms with Crippen LogP contribution >= 0.6 is 0 Å². The molecule has 0 radical (unpaired) electrons. The quantitative estimate of drug-likeness (QED) is 0.399.